The second-order valence-electron chi connectivity index (χ2n) is 4.59. The van der Waals surface area contributed by atoms with Gasteiger partial charge in [0.1, 0.15) is 6.04 Å². The predicted molar refractivity (Wildman–Crippen MR) is 65.3 cm³/mol. The lowest BCUT2D eigenvalue weighted by atomic mass is 10.1. The number of aromatic nitrogens is 2. The number of ether oxygens (including phenoxy) is 1. The smallest absolute Gasteiger partial charge is 0.323 e. The number of rotatable bonds is 7. The first kappa shape index (κ1) is 13.7. The SMILES string of the molecule is CC(C)CCCOC(=O)[C@@H](N)Cc1cnc[nH]1. The van der Waals surface area contributed by atoms with Crippen LogP contribution in [0.25, 0.3) is 0 Å². The molecule has 0 saturated carbocycles. The van der Waals surface area contributed by atoms with E-state index in [0.29, 0.717) is 18.9 Å². The Balaban J connectivity index is 2.18. The zero-order valence-electron chi connectivity index (χ0n) is 10.5. The van der Waals surface area contributed by atoms with E-state index in [1.165, 1.54) is 0 Å². The monoisotopic (exact) mass is 239 g/mol. The number of carbonyl (C=O) groups excluding carboxylic acids is 1. The number of aromatic amines is 1. The number of nitrogens with one attached hydrogen (secondary N) is 1. The highest BCUT2D eigenvalue weighted by molar-refractivity contribution is 5.75. The number of esters is 1. The van der Waals surface area contributed by atoms with Gasteiger partial charge in [-0.2, -0.15) is 0 Å². The van der Waals surface area contributed by atoms with Crippen molar-refractivity contribution in [2.75, 3.05) is 6.61 Å². The molecule has 17 heavy (non-hydrogen) atoms. The third-order valence-electron chi connectivity index (χ3n) is 2.47. The summed E-state index contributed by atoms with van der Waals surface area (Å²) in [7, 11) is 0. The van der Waals surface area contributed by atoms with Crippen molar-refractivity contribution in [2.45, 2.75) is 39.2 Å². The van der Waals surface area contributed by atoms with Crippen LogP contribution in [-0.2, 0) is 16.0 Å². The van der Waals surface area contributed by atoms with Crippen molar-refractivity contribution in [3.8, 4) is 0 Å². The van der Waals surface area contributed by atoms with E-state index >= 15 is 0 Å². The highest BCUT2D eigenvalue weighted by atomic mass is 16.5. The molecule has 5 heteroatoms. The summed E-state index contributed by atoms with van der Waals surface area (Å²) in [4.78, 5) is 18.3. The van der Waals surface area contributed by atoms with Crippen LogP contribution in [0.15, 0.2) is 12.5 Å². The second kappa shape index (κ2) is 7.06. The van der Waals surface area contributed by atoms with Gasteiger partial charge in [-0.15, -0.1) is 0 Å². The first-order valence-corrected chi connectivity index (χ1v) is 5.99. The van der Waals surface area contributed by atoms with Crippen molar-refractivity contribution in [1.82, 2.24) is 9.97 Å². The van der Waals surface area contributed by atoms with Gasteiger partial charge in [0.15, 0.2) is 0 Å². The molecule has 1 aromatic heterocycles. The standard InChI is InChI=1S/C12H21N3O2/c1-9(2)4-3-5-17-12(16)11(13)6-10-7-14-8-15-10/h7-9,11H,3-6,13H2,1-2H3,(H,14,15)/t11-/m0/s1. The first-order valence-electron chi connectivity index (χ1n) is 5.99. The minimum absolute atomic E-state index is 0.344. The van der Waals surface area contributed by atoms with Gasteiger partial charge in [-0.05, 0) is 18.8 Å². The summed E-state index contributed by atoms with van der Waals surface area (Å²) in [6, 6.07) is -0.616. The Labute approximate surface area is 102 Å². The largest absolute Gasteiger partial charge is 0.465 e. The Kier molecular flexibility index (Phi) is 5.69. The van der Waals surface area contributed by atoms with Gasteiger partial charge in [0.2, 0.25) is 0 Å². The molecule has 0 saturated heterocycles. The van der Waals surface area contributed by atoms with Crippen molar-refractivity contribution in [2.24, 2.45) is 11.7 Å². The van der Waals surface area contributed by atoms with Crippen LogP contribution in [0.1, 0.15) is 32.4 Å². The molecule has 0 aromatic carbocycles. The fourth-order valence-corrected chi connectivity index (χ4v) is 1.49. The average Bonchev–Trinajstić information content (AvgIpc) is 2.76. The van der Waals surface area contributed by atoms with Crippen LogP contribution in [-0.4, -0.2) is 28.6 Å². The zero-order chi connectivity index (χ0) is 12.7. The van der Waals surface area contributed by atoms with E-state index in [2.05, 4.69) is 23.8 Å². The molecule has 0 amide bonds. The highest BCUT2D eigenvalue weighted by Gasteiger charge is 2.16. The van der Waals surface area contributed by atoms with Crippen LogP contribution in [0.4, 0.5) is 0 Å². The van der Waals surface area contributed by atoms with Crippen molar-refractivity contribution in [1.29, 1.82) is 0 Å². The maximum atomic E-state index is 11.5. The fraction of sp³-hybridized carbons (Fsp3) is 0.667. The van der Waals surface area contributed by atoms with Crippen molar-refractivity contribution < 1.29 is 9.53 Å². The van der Waals surface area contributed by atoms with Crippen LogP contribution in [0.3, 0.4) is 0 Å². The third-order valence-corrected chi connectivity index (χ3v) is 2.47. The molecule has 0 aliphatic rings. The van der Waals surface area contributed by atoms with E-state index < -0.39 is 6.04 Å². The maximum Gasteiger partial charge on any atom is 0.323 e. The highest BCUT2D eigenvalue weighted by Crippen LogP contribution is 2.04. The van der Waals surface area contributed by atoms with E-state index in [1.54, 1.807) is 12.5 Å². The fourth-order valence-electron chi connectivity index (χ4n) is 1.49. The lowest BCUT2D eigenvalue weighted by Gasteiger charge is -2.11. The van der Waals surface area contributed by atoms with Crippen LogP contribution in [0.2, 0.25) is 0 Å². The molecule has 1 aromatic rings. The molecule has 1 rings (SSSR count). The zero-order valence-corrected chi connectivity index (χ0v) is 10.5. The van der Waals surface area contributed by atoms with Gasteiger partial charge >= 0.3 is 5.97 Å². The molecule has 1 atom stereocenters. The first-order chi connectivity index (χ1) is 8.09. The molecule has 0 unspecified atom stereocenters. The predicted octanol–water partition coefficient (Wildman–Crippen LogP) is 1.26. The summed E-state index contributed by atoms with van der Waals surface area (Å²) >= 11 is 0. The average molecular weight is 239 g/mol. The summed E-state index contributed by atoms with van der Waals surface area (Å²) in [5, 5.41) is 0. The third kappa shape index (κ3) is 5.49. The van der Waals surface area contributed by atoms with E-state index in [0.717, 1.165) is 18.5 Å². The van der Waals surface area contributed by atoms with Crippen LogP contribution in [0, 0.1) is 5.92 Å². The molecule has 5 nitrogen and oxygen atoms in total. The van der Waals surface area contributed by atoms with Crippen LogP contribution >= 0.6 is 0 Å². The Morgan fingerprint density at radius 2 is 2.35 bits per heavy atom. The normalized spacial score (nSPS) is 12.7. The Morgan fingerprint density at radius 1 is 1.59 bits per heavy atom. The Morgan fingerprint density at radius 3 is 2.94 bits per heavy atom. The number of nitrogens with zero attached hydrogens (tertiary/aromatic N) is 1. The molecule has 0 bridgehead atoms. The molecular weight excluding hydrogens is 218 g/mol. The van der Waals surface area contributed by atoms with E-state index in [9.17, 15) is 4.79 Å². The van der Waals surface area contributed by atoms with Gasteiger partial charge in [0.05, 0.1) is 12.9 Å². The van der Waals surface area contributed by atoms with Crippen molar-refractivity contribution >= 4 is 5.97 Å². The summed E-state index contributed by atoms with van der Waals surface area (Å²) in [5.74, 6) is 0.288. The number of imidazole rings is 1. The molecule has 96 valence electrons. The van der Waals surface area contributed by atoms with Gasteiger partial charge in [-0.1, -0.05) is 13.8 Å². The number of hydrogen-bond donors (Lipinski definition) is 2. The van der Waals surface area contributed by atoms with E-state index in [4.69, 9.17) is 10.5 Å². The van der Waals surface area contributed by atoms with Crippen LogP contribution in [0.5, 0.6) is 0 Å². The van der Waals surface area contributed by atoms with E-state index in [1.807, 2.05) is 0 Å². The molecule has 0 fully saturated rings. The van der Waals surface area contributed by atoms with Gasteiger partial charge in [0.25, 0.3) is 0 Å². The lowest BCUT2D eigenvalue weighted by molar-refractivity contribution is -0.145. The summed E-state index contributed by atoms with van der Waals surface area (Å²) < 4.78 is 5.10. The topological polar surface area (TPSA) is 81.0 Å². The molecule has 1 heterocycles. The maximum absolute atomic E-state index is 11.5. The van der Waals surface area contributed by atoms with Crippen molar-refractivity contribution in [3.63, 3.8) is 0 Å². The number of hydrogen-bond acceptors (Lipinski definition) is 4. The number of H-pyrrole nitrogens is 1. The van der Waals surface area contributed by atoms with Crippen LogP contribution < -0.4 is 5.73 Å². The quantitative estimate of drug-likeness (QED) is 0.554. The van der Waals surface area contributed by atoms with Crippen molar-refractivity contribution in [3.05, 3.63) is 18.2 Å². The molecule has 0 aliphatic heterocycles. The Bertz CT molecular complexity index is 323. The molecule has 3 N–H and O–H groups in total. The molecular formula is C12H21N3O2. The van der Waals surface area contributed by atoms with Gasteiger partial charge < -0.3 is 15.5 Å². The second-order valence-corrected chi connectivity index (χ2v) is 4.59. The summed E-state index contributed by atoms with van der Waals surface area (Å²) in [6.45, 7) is 4.74. The van der Waals surface area contributed by atoms with Gasteiger partial charge in [-0.25, -0.2) is 4.98 Å². The lowest BCUT2D eigenvalue weighted by Crippen LogP contribution is -2.34. The number of nitrogens with two attached hydrogens (primary N) is 1. The summed E-state index contributed by atoms with van der Waals surface area (Å²) in [5.41, 5.74) is 6.57. The minimum atomic E-state index is -0.616. The molecule has 0 spiro atoms. The molecule has 0 aliphatic carbocycles. The van der Waals surface area contributed by atoms with Gasteiger partial charge in [0, 0.05) is 18.3 Å². The minimum Gasteiger partial charge on any atom is -0.465 e. The Hall–Kier alpha value is -1.36. The van der Waals surface area contributed by atoms with Gasteiger partial charge in [-0.3, -0.25) is 4.79 Å². The number of carbonyl (C=O) groups is 1. The summed E-state index contributed by atoms with van der Waals surface area (Å²) in [6.07, 6.45) is 5.61. The van der Waals surface area contributed by atoms with E-state index in [-0.39, 0.29) is 5.97 Å². The molecule has 0 radical (unpaired) electrons.